The van der Waals surface area contributed by atoms with Gasteiger partial charge < -0.3 is 0 Å². The minimum atomic E-state index is -0.215. The summed E-state index contributed by atoms with van der Waals surface area (Å²) in [4.78, 5) is 23.6. The van der Waals surface area contributed by atoms with Gasteiger partial charge in [-0.3, -0.25) is 14.5 Å². The molecule has 0 bridgehead atoms. The van der Waals surface area contributed by atoms with Gasteiger partial charge in [-0.15, -0.1) is 0 Å². The summed E-state index contributed by atoms with van der Waals surface area (Å²) >= 11 is 0. The summed E-state index contributed by atoms with van der Waals surface area (Å²) in [5, 5.41) is 0. The van der Waals surface area contributed by atoms with Crippen molar-refractivity contribution >= 4 is 11.8 Å². The Balaban J connectivity index is 2.78. The average molecular weight is 167 g/mol. The van der Waals surface area contributed by atoms with Crippen LogP contribution in [0.4, 0.5) is 0 Å². The van der Waals surface area contributed by atoms with Crippen LogP contribution in [-0.4, -0.2) is 23.8 Å². The lowest BCUT2D eigenvalue weighted by atomic mass is 10.1. The topological polar surface area (TPSA) is 37.4 Å². The molecule has 3 heteroatoms. The predicted octanol–water partition coefficient (Wildman–Crippen LogP) is 0.958. The summed E-state index contributed by atoms with van der Waals surface area (Å²) in [6, 6.07) is 0. The van der Waals surface area contributed by atoms with Gasteiger partial charge in [-0.1, -0.05) is 11.6 Å². The summed E-state index contributed by atoms with van der Waals surface area (Å²) in [7, 11) is 1.53. The van der Waals surface area contributed by atoms with Crippen LogP contribution in [0.5, 0.6) is 0 Å². The summed E-state index contributed by atoms with van der Waals surface area (Å²) < 4.78 is 0. The van der Waals surface area contributed by atoms with Crippen LogP contribution >= 0.6 is 0 Å². The van der Waals surface area contributed by atoms with Crippen molar-refractivity contribution in [2.75, 3.05) is 7.05 Å². The number of hydrogen-bond donors (Lipinski definition) is 0. The minimum Gasteiger partial charge on any atom is -0.285 e. The molecular formula is C9H13NO2. The van der Waals surface area contributed by atoms with Crippen LogP contribution in [0.1, 0.15) is 20.3 Å². The molecule has 0 aromatic heterocycles. The molecule has 0 aliphatic carbocycles. The van der Waals surface area contributed by atoms with Crippen LogP contribution in [0.15, 0.2) is 11.6 Å². The molecule has 1 atom stereocenters. The smallest absolute Gasteiger partial charge is 0.236 e. The molecule has 0 saturated carbocycles. The molecule has 12 heavy (non-hydrogen) atoms. The Labute approximate surface area is 72.0 Å². The van der Waals surface area contributed by atoms with E-state index in [1.165, 1.54) is 11.9 Å². The van der Waals surface area contributed by atoms with Gasteiger partial charge in [-0.2, -0.15) is 0 Å². The Hall–Kier alpha value is -1.12. The van der Waals surface area contributed by atoms with Gasteiger partial charge in [-0.25, -0.2) is 0 Å². The number of likely N-dealkylation sites (tertiary alicyclic amines) is 1. The Morgan fingerprint density at radius 2 is 2.08 bits per heavy atom. The third kappa shape index (κ3) is 1.55. The molecule has 0 N–H and O–H groups in total. The summed E-state index contributed by atoms with van der Waals surface area (Å²) in [6.45, 7) is 3.85. The zero-order chi connectivity index (χ0) is 9.30. The maximum atomic E-state index is 11.3. The average Bonchev–Trinajstić information content (AvgIpc) is 2.17. The fourth-order valence-electron chi connectivity index (χ4n) is 1.32. The van der Waals surface area contributed by atoms with Crippen molar-refractivity contribution in [1.82, 2.24) is 4.90 Å². The molecule has 1 aliphatic rings. The van der Waals surface area contributed by atoms with E-state index in [1.807, 2.05) is 19.9 Å². The molecule has 2 amide bonds. The zero-order valence-electron chi connectivity index (χ0n) is 7.63. The highest BCUT2D eigenvalue weighted by atomic mass is 16.2. The first-order chi connectivity index (χ1) is 5.52. The van der Waals surface area contributed by atoms with Crippen molar-refractivity contribution < 1.29 is 9.59 Å². The number of rotatable bonds is 1. The first kappa shape index (κ1) is 8.97. The molecule has 1 unspecified atom stereocenters. The molecule has 66 valence electrons. The van der Waals surface area contributed by atoms with Crippen molar-refractivity contribution in [3.05, 3.63) is 11.6 Å². The maximum Gasteiger partial charge on any atom is 0.236 e. The van der Waals surface area contributed by atoms with Crippen molar-refractivity contribution in [1.29, 1.82) is 0 Å². The number of allylic oxidation sites excluding steroid dienone is 1. The van der Waals surface area contributed by atoms with E-state index in [4.69, 9.17) is 0 Å². The van der Waals surface area contributed by atoms with Crippen LogP contribution in [0, 0.1) is 5.92 Å². The summed E-state index contributed by atoms with van der Waals surface area (Å²) in [5.74, 6) is -0.379. The molecule has 0 aromatic rings. The van der Waals surface area contributed by atoms with E-state index < -0.39 is 0 Å². The number of carbonyl (C=O) groups is 2. The van der Waals surface area contributed by atoms with Gasteiger partial charge in [0.15, 0.2) is 0 Å². The predicted molar refractivity (Wildman–Crippen MR) is 45.3 cm³/mol. The van der Waals surface area contributed by atoms with Gasteiger partial charge >= 0.3 is 0 Å². The van der Waals surface area contributed by atoms with Gasteiger partial charge in [0.1, 0.15) is 0 Å². The lowest BCUT2D eigenvalue weighted by Gasteiger charge is -2.04. The van der Waals surface area contributed by atoms with E-state index in [2.05, 4.69) is 0 Å². The normalized spacial score (nSPS) is 23.2. The Morgan fingerprint density at radius 1 is 1.50 bits per heavy atom. The van der Waals surface area contributed by atoms with Gasteiger partial charge in [0, 0.05) is 13.5 Å². The molecule has 1 fully saturated rings. The number of imide groups is 1. The number of carbonyl (C=O) groups excluding carboxylic acids is 2. The van der Waals surface area contributed by atoms with Gasteiger partial charge in [-0.05, 0) is 13.8 Å². The molecule has 1 saturated heterocycles. The number of amides is 2. The van der Waals surface area contributed by atoms with E-state index in [9.17, 15) is 9.59 Å². The van der Waals surface area contributed by atoms with Crippen molar-refractivity contribution in [3.63, 3.8) is 0 Å². The Kier molecular flexibility index (Phi) is 2.31. The van der Waals surface area contributed by atoms with Crippen LogP contribution in [0.3, 0.4) is 0 Å². The maximum absolute atomic E-state index is 11.3. The van der Waals surface area contributed by atoms with Crippen molar-refractivity contribution in [2.45, 2.75) is 20.3 Å². The molecule has 0 aromatic carbocycles. The summed E-state index contributed by atoms with van der Waals surface area (Å²) in [5.41, 5.74) is 1.08. The second-order valence-corrected chi connectivity index (χ2v) is 3.35. The highest BCUT2D eigenvalue weighted by Crippen LogP contribution is 2.20. The lowest BCUT2D eigenvalue weighted by molar-refractivity contribution is -0.137. The molecule has 3 nitrogen and oxygen atoms in total. The molecule has 1 aliphatic heterocycles. The van der Waals surface area contributed by atoms with E-state index in [0.717, 1.165) is 5.57 Å². The zero-order valence-corrected chi connectivity index (χ0v) is 7.63. The number of nitrogens with zero attached hydrogens (tertiary/aromatic N) is 1. The largest absolute Gasteiger partial charge is 0.285 e. The second-order valence-electron chi connectivity index (χ2n) is 3.35. The van der Waals surface area contributed by atoms with Gasteiger partial charge in [0.05, 0.1) is 5.92 Å². The van der Waals surface area contributed by atoms with E-state index in [0.29, 0.717) is 6.42 Å². The monoisotopic (exact) mass is 167 g/mol. The van der Waals surface area contributed by atoms with Gasteiger partial charge in [0.2, 0.25) is 11.8 Å². The first-order valence-electron chi connectivity index (χ1n) is 3.98. The van der Waals surface area contributed by atoms with E-state index >= 15 is 0 Å². The molecule has 1 rings (SSSR count). The van der Waals surface area contributed by atoms with Crippen LogP contribution in [0.25, 0.3) is 0 Å². The standard InChI is InChI=1S/C9H13NO2/c1-6(2)4-7-5-8(11)10(3)9(7)12/h4,7H,5H2,1-3H3. The minimum absolute atomic E-state index is 0.0810. The number of hydrogen-bond acceptors (Lipinski definition) is 2. The fraction of sp³-hybridized carbons (Fsp3) is 0.556. The van der Waals surface area contributed by atoms with Crippen LogP contribution in [-0.2, 0) is 9.59 Å². The molecule has 1 heterocycles. The van der Waals surface area contributed by atoms with E-state index in [-0.39, 0.29) is 17.7 Å². The molecule has 0 spiro atoms. The third-order valence-electron chi connectivity index (χ3n) is 1.95. The van der Waals surface area contributed by atoms with Crippen molar-refractivity contribution in [3.8, 4) is 0 Å². The van der Waals surface area contributed by atoms with Crippen LogP contribution < -0.4 is 0 Å². The lowest BCUT2D eigenvalue weighted by Crippen LogP contribution is -2.25. The quantitative estimate of drug-likeness (QED) is 0.431. The van der Waals surface area contributed by atoms with E-state index in [1.54, 1.807) is 0 Å². The Morgan fingerprint density at radius 3 is 2.42 bits per heavy atom. The highest BCUT2D eigenvalue weighted by molar-refractivity contribution is 6.04. The second kappa shape index (κ2) is 3.09. The fourth-order valence-corrected chi connectivity index (χ4v) is 1.32. The Bertz CT molecular complexity index is 251. The van der Waals surface area contributed by atoms with Crippen LogP contribution in [0.2, 0.25) is 0 Å². The molecule has 0 radical (unpaired) electrons. The SMILES string of the molecule is CC(C)=CC1CC(=O)N(C)C1=O. The molecular weight excluding hydrogens is 154 g/mol. The van der Waals surface area contributed by atoms with Gasteiger partial charge in [0.25, 0.3) is 0 Å². The third-order valence-corrected chi connectivity index (χ3v) is 1.95. The first-order valence-corrected chi connectivity index (χ1v) is 3.98. The highest BCUT2D eigenvalue weighted by Gasteiger charge is 2.34. The van der Waals surface area contributed by atoms with Crippen molar-refractivity contribution in [2.24, 2.45) is 5.92 Å². The summed E-state index contributed by atoms with van der Waals surface area (Å²) in [6.07, 6.45) is 2.18.